The Morgan fingerprint density at radius 1 is 1.08 bits per heavy atom. The minimum atomic E-state index is -0.489. The number of carbonyl (C=O) groups is 2. The van der Waals surface area contributed by atoms with Gasteiger partial charge in [0.05, 0.1) is 22.9 Å². The molecular formula is C18H17NO5. The van der Waals surface area contributed by atoms with E-state index in [0.717, 1.165) is 0 Å². The molecule has 0 saturated carbocycles. The van der Waals surface area contributed by atoms with Gasteiger partial charge < -0.3 is 20.3 Å². The summed E-state index contributed by atoms with van der Waals surface area (Å²) in [5.41, 5.74) is 0.272. The highest BCUT2D eigenvalue weighted by molar-refractivity contribution is 6.30. The number of rotatable bonds is 4. The van der Waals surface area contributed by atoms with E-state index in [4.69, 9.17) is 4.74 Å². The van der Waals surface area contributed by atoms with Crippen molar-refractivity contribution in [1.29, 1.82) is 0 Å². The lowest BCUT2D eigenvalue weighted by molar-refractivity contribution is 0.0974. The van der Waals surface area contributed by atoms with Crippen molar-refractivity contribution in [3.63, 3.8) is 0 Å². The summed E-state index contributed by atoms with van der Waals surface area (Å²) >= 11 is 0. The Labute approximate surface area is 138 Å². The van der Waals surface area contributed by atoms with Crippen molar-refractivity contribution >= 4 is 17.3 Å². The average molecular weight is 327 g/mol. The number of hydrogen-bond acceptors (Lipinski definition) is 6. The SMILES string of the molecule is COC(C)CNc1cc(O)c2c(c1O)C(=O)c1ccccc1C2=O. The van der Waals surface area contributed by atoms with Crippen LogP contribution in [0.5, 0.6) is 11.5 Å². The number of nitrogens with one attached hydrogen (secondary N) is 1. The zero-order chi connectivity index (χ0) is 17.4. The number of aromatic hydroxyl groups is 2. The monoisotopic (exact) mass is 327 g/mol. The van der Waals surface area contributed by atoms with E-state index in [0.29, 0.717) is 6.54 Å². The fourth-order valence-electron chi connectivity index (χ4n) is 2.73. The lowest BCUT2D eigenvalue weighted by Gasteiger charge is -2.22. The van der Waals surface area contributed by atoms with Crippen LogP contribution in [0.1, 0.15) is 38.8 Å². The first-order chi connectivity index (χ1) is 11.5. The van der Waals surface area contributed by atoms with Crippen molar-refractivity contribution < 1.29 is 24.5 Å². The number of ketones is 2. The molecule has 6 nitrogen and oxygen atoms in total. The van der Waals surface area contributed by atoms with Crippen molar-refractivity contribution in [3.05, 3.63) is 52.6 Å². The number of phenols is 2. The molecule has 1 aliphatic carbocycles. The van der Waals surface area contributed by atoms with Gasteiger partial charge >= 0.3 is 0 Å². The zero-order valence-corrected chi connectivity index (χ0v) is 13.3. The van der Waals surface area contributed by atoms with Crippen molar-refractivity contribution in [2.24, 2.45) is 0 Å². The van der Waals surface area contributed by atoms with Crippen LogP contribution in [0.25, 0.3) is 0 Å². The van der Waals surface area contributed by atoms with Crippen molar-refractivity contribution in [2.45, 2.75) is 13.0 Å². The Morgan fingerprint density at radius 2 is 1.67 bits per heavy atom. The first-order valence-electron chi connectivity index (χ1n) is 7.49. The number of phenolic OH excluding ortho intramolecular Hbond substituents is 2. The van der Waals surface area contributed by atoms with Gasteiger partial charge in [-0.15, -0.1) is 0 Å². The normalized spacial score (nSPS) is 14.1. The molecule has 0 saturated heterocycles. The molecule has 0 spiro atoms. The maximum absolute atomic E-state index is 12.7. The van der Waals surface area contributed by atoms with Gasteiger partial charge in [0.2, 0.25) is 0 Å². The molecule has 0 bridgehead atoms. The molecule has 2 aromatic rings. The molecule has 0 fully saturated rings. The number of carbonyl (C=O) groups excluding carboxylic acids is 2. The molecule has 3 N–H and O–H groups in total. The van der Waals surface area contributed by atoms with Crippen LogP contribution in [0.15, 0.2) is 30.3 Å². The van der Waals surface area contributed by atoms with Gasteiger partial charge in [0.25, 0.3) is 0 Å². The molecule has 0 heterocycles. The molecule has 2 aromatic carbocycles. The average Bonchev–Trinajstić information content (AvgIpc) is 2.59. The zero-order valence-electron chi connectivity index (χ0n) is 13.3. The smallest absolute Gasteiger partial charge is 0.198 e. The van der Waals surface area contributed by atoms with Crippen LogP contribution in [0.4, 0.5) is 5.69 Å². The number of hydrogen-bond donors (Lipinski definition) is 3. The third kappa shape index (κ3) is 2.41. The highest BCUT2D eigenvalue weighted by Gasteiger charge is 2.35. The Bertz CT molecular complexity index is 844. The molecule has 6 heteroatoms. The summed E-state index contributed by atoms with van der Waals surface area (Å²) in [5.74, 6) is -1.66. The fourth-order valence-corrected chi connectivity index (χ4v) is 2.73. The molecule has 24 heavy (non-hydrogen) atoms. The summed E-state index contributed by atoms with van der Waals surface area (Å²) < 4.78 is 5.11. The molecule has 1 atom stereocenters. The standard InChI is InChI=1S/C18H17NO5/c1-9(24-2)8-19-12-7-13(20)14-15(18(12)23)17(22)11-6-4-3-5-10(11)16(14)21/h3-7,9,19-20,23H,8H2,1-2H3. The summed E-state index contributed by atoms with van der Waals surface area (Å²) in [5, 5.41) is 23.6. The largest absolute Gasteiger partial charge is 0.507 e. The molecule has 1 unspecified atom stereocenters. The van der Waals surface area contributed by atoms with E-state index in [9.17, 15) is 19.8 Å². The predicted molar refractivity (Wildman–Crippen MR) is 88.0 cm³/mol. The van der Waals surface area contributed by atoms with E-state index in [1.165, 1.54) is 18.2 Å². The number of methoxy groups -OCH3 is 1. The van der Waals surface area contributed by atoms with Gasteiger partial charge in [-0.05, 0) is 6.92 Å². The Hall–Kier alpha value is -2.86. The van der Waals surface area contributed by atoms with Gasteiger partial charge in [-0.2, -0.15) is 0 Å². The van der Waals surface area contributed by atoms with E-state index < -0.39 is 11.6 Å². The number of anilines is 1. The maximum Gasteiger partial charge on any atom is 0.198 e. The molecule has 124 valence electrons. The molecule has 0 radical (unpaired) electrons. The van der Waals surface area contributed by atoms with E-state index in [1.807, 2.05) is 6.92 Å². The first kappa shape index (κ1) is 16.0. The summed E-state index contributed by atoms with van der Waals surface area (Å²) in [4.78, 5) is 25.3. The van der Waals surface area contributed by atoms with Crippen LogP contribution in [0.2, 0.25) is 0 Å². The lowest BCUT2D eigenvalue weighted by atomic mass is 9.82. The van der Waals surface area contributed by atoms with Crippen LogP contribution in [0, 0.1) is 0 Å². The van der Waals surface area contributed by atoms with Crippen LogP contribution in [0.3, 0.4) is 0 Å². The van der Waals surface area contributed by atoms with Gasteiger partial charge in [-0.3, -0.25) is 9.59 Å². The Kier molecular flexibility index (Phi) is 3.99. The third-order valence-corrected chi connectivity index (χ3v) is 4.13. The summed E-state index contributed by atoms with van der Waals surface area (Å²) in [6.45, 7) is 2.19. The van der Waals surface area contributed by atoms with E-state index >= 15 is 0 Å². The van der Waals surface area contributed by atoms with Crippen LogP contribution < -0.4 is 5.32 Å². The highest BCUT2D eigenvalue weighted by Crippen LogP contribution is 2.42. The molecule has 0 amide bonds. The van der Waals surface area contributed by atoms with Gasteiger partial charge in [-0.1, -0.05) is 24.3 Å². The molecular weight excluding hydrogens is 310 g/mol. The van der Waals surface area contributed by atoms with Gasteiger partial charge in [0.15, 0.2) is 17.3 Å². The maximum atomic E-state index is 12.7. The van der Waals surface area contributed by atoms with E-state index in [-0.39, 0.29) is 45.5 Å². The summed E-state index contributed by atoms with van der Waals surface area (Å²) in [6.07, 6.45) is -0.138. The minimum absolute atomic E-state index is 0.138. The van der Waals surface area contributed by atoms with Crippen LogP contribution in [-0.4, -0.2) is 41.5 Å². The van der Waals surface area contributed by atoms with E-state index in [1.54, 1.807) is 19.2 Å². The lowest BCUT2D eigenvalue weighted by Crippen LogP contribution is -2.22. The Morgan fingerprint density at radius 3 is 2.25 bits per heavy atom. The van der Waals surface area contributed by atoms with Crippen molar-refractivity contribution in [2.75, 3.05) is 19.0 Å². The number of fused-ring (bicyclic) bond motifs is 2. The molecule has 3 rings (SSSR count). The predicted octanol–water partition coefficient (Wildman–Crippen LogP) is 2.32. The summed E-state index contributed by atoms with van der Waals surface area (Å²) in [7, 11) is 1.55. The fraction of sp³-hybridized carbons (Fsp3) is 0.222. The second kappa shape index (κ2) is 5.98. The second-order valence-corrected chi connectivity index (χ2v) is 5.67. The van der Waals surface area contributed by atoms with Crippen molar-refractivity contribution in [1.82, 2.24) is 0 Å². The molecule has 0 aromatic heterocycles. The Balaban J connectivity index is 2.12. The van der Waals surface area contributed by atoms with Gasteiger partial charge in [-0.25, -0.2) is 0 Å². The van der Waals surface area contributed by atoms with Gasteiger partial charge in [0.1, 0.15) is 5.75 Å². The first-order valence-corrected chi connectivity index (χ1v) is 7.49. The molecule has 1 aliphatic rings. The van der Waals surface area contributed by atoms with E-state index in [2.05, 4.69) is 5.32 Å². The molecule has 0 aliphatic heterocycles. The quantitative estimate of drug-likeness (QED) is 0.503. The summed E-state index contributed by atoms with van der Waals surface area (Å²) in [6, 6.07) is 7.60. The topological polar surface area (TPSA) is 95.9 Å². The third-order valence-electron chi connectivity index (χ3n) is 4.13. The van der Waals surface area contributed by atoms with Crippen molar-refractivity contribution in [3.8, 4) is 11.5 Å². The number of benzene rings is 2. The van der Waals surface area contributed by atoms with Crippen LogP contribution in [-0.2, 0) is 4.74 Å². The second-order valence-electron chi connectivity index (χ2n) is 5.67. The minimum Gasteiger partial charge on any atom is -0.507 e. The number of ether oxygens (including phenoxy) is 1. The van der Waals surface area contributed by atoms with Crippen LogP contribution >= 0.6 is 0 Å². The highest BCUT2D eigenvalue weighted by atomic mass is 16.5. The van der Waals surface area contributed by atoms with Gasteiger partial charge in [0, 0.05) is 30.8 Å².